The maximum atomic E-state index is 11.8. The lowest BCUT2D eigenvalue weighted by Gasteiger charge is -2.06. The highest BCUT2D eigenvalue weighted by Crippen LogP contribution is 2.40. The molecule has 1 aliphatic rings. The first-order valence-corrected chi connectivity index (χ1v) is 7.66. The molecular formula is C14H14ClNO4S. The van der Waals surface area contributed by atoms with Crippen molar-refractivity contribution in [2.45, 2.75) is 30.4 Å². The molecule has 0 fully saturated rings. The summed E-state index contributed by atoms with van der Waals surface area (Å²) in [6, 6.07) is 3.55. The summed E-state index contributed by atoms with van der Waals surface area (Å²) in [5.41, 5.74) is 1.57. The van der Waals surface area contributed by atoms with Crippen molar-refractivity contribution in [3.63, 3.8) is 0 Å². The molecule has 21 heavy (non-hydrogen) atoms. The number of halogens is 1. The molecule has 7 heteroatoms. The number of ether oxygens (including phenoxy) is 1. The average Bonchev–Trinajstić information content (AvgIpc) is 2.82. The van der Waals surface area contributed by atoms with Crippen LogP contribution in [0.4, 0.5) is 0 Å². The first-order valence-electron chi connectivity index (χ1n) is 6.40. The number of hydrogen-bond donors (Lipinski definition) is 0. The van der Waals surface area contributed by atoms with Crippen molar-refractivity contribution in [2.75, 3.05) is 6.61 Å². The van der Waals surface area contributed by atoms with Gasteiger partial charge in [0.25, 0.3) is 0 Å². The van der Waals surface area contributed by atoms with Crippen LogP contribution in [0.15, 0.2) is 22.7 Å². The third-order valence-electron chi connectivity index (χ3n) is 3.06. The number of esters is 1. The second kappa shape index (κ2) is 6.49. The van der Waals surface area contributed by atoms with Crippen LogP contribution in [0.25, 0.3) is 6.08 Å². The quantitative estimate of drug-likeness (QED) is 0.480. The maximum Gasteiger partial charge on any atom is 0.319 e. The number of fused-ring (bicyclic) bond motifs is 1. The van der Waals surface area contributed by atoms with Crippen molar-refractivity contribution in [1.82, 2.24) is 0 Å². The summed E-state index contributed by atoms with van der Waals surface area (Å²) in [6.07, 6.45) is 1.99. The summed E-state index contributed by atoms with van der Waals surface area (Å²) in [7, 11) is 0. The van der Waals surface area contributed by atoms with Crippen LogP contribution in [0.2, 0.25) is 5.02 Å². The topological polar surface area (TPSA) is 69.4 Å². The fourth-order valence-electron chi connectivity index (χ4n) is 2.04. The van der Waals surface area contributed by atoms with Crippen LogP contribution >= 0.6 is 23.4 Å². The third kappa shape index (κ3) is 3.57. The largest absolute Gasteiger partial charge is 0.465 e. The molecule has 1 atom stereocenters. The van der Waals surface area contributed by atoms with Gasteiger partial charge in [-0.3, -0.25) is 14.9 Å². The SMILES string of the molecule is CCOC(=O)C1Cc2cc(C=C(C)[N+](=O)[O-])c(Cl)cc2S1. The average molecular weight is 328 g/mol. The Morgan fingerprint density at radius 2 is 2.33 bits per heavy atom. The van der Waals surface area contributed by atoms with E-state index in [2.05, 4.69) is 0 Å². The minimum Gasteiger partial charge on any atom is -0.465 e. The minimum atomic E-state index is -0.459. The molecule has 0 aromatic heterocycles. The van der Waals surface area contributed by atoms with Crippen molar-refractivity contribution >= 4 is 35.4 Å². The van der Waals surface area contributed by atoms with E-state index < -0.39 is 4.92 Å². The van der Waals surface area contributed by atoms with Gasteiger partial charge in [-0.25, -0.2) is 0 Å². The summed E-state index contributed by atoms with van der Waals surface area (Å²) in [5.74, 6) is -0.242. The number of carbonyl (C=O) groups excluding carboxylic acids is 1. The highest BCUT2D eigenvalue weighted by molar-refractivity contribution is 8.01. The molecular weight excluding hydrogens is 314 g/mol. The Hall–Kier alpha value is -1.53. The van der Waals surface area contributed by atoms with Gasteiger partial charge in [-0.05, 0) is 36.6 Å². The molecule has 0 bridgehead atoms. The van der Waals surface area contributed by atoms with E-state index >= 15 is 0 Å². The van der Waals surface area contributed by atoms with E-state index in [9.17, 15) is 14.9 Å². The van der Waals surface area contributed by atoms with Gasteiger partial charge < -0.3 is 4.74 Å². The summed E-state index contributed by atoms with van der Waals surface area (Å²) in [5, 5.41) is 10.9. The molecule has 5 nitrogen and oxygen atoms in total. The highest BCUT2D eigenvalue weighted by Gasteiger charge is 2.30. The molecule has 1 aliphatic heterocycles. The Balaban J connectivity index is 2.26. The lowest BCUT2D eigenvalue weighted by molar-refractivity contribution is -0.422. The monoisotopic (exact) mass is 327 g/mol. The van der Waals surface area contributed by atoms with Crippen LogP contribution in [0.3, 0.4) is 0 Å². The Kier molecular flexibility index (Phi) is 4.90. The first kappa shape index (κ1) is 15.9. The normalized spacial score (nSPS) is 17.5. The number of hydrogen-bond acceptors (Lipinski definition) is 5. The smallest absolute Gasteiger partial charge is 0.319 e. The standard InChI is InChI=1S/C14H14ClNO4S/c1-3-20-14(17)13-6-10-5-9(4-8(2)16(18)19)11(15)7-12(10)21-13/h4-5,7,13H,3,6H2,1-2H3. The van der Waals surface area contributed by atoms with Gasteiger partial charge >= 0.3 is 5.97 Å². The zero-order chi connectivity index (χ0) is 15.6. The molecule has 2 rings (SSSR count). The Bertz CT molecular complexity index is 630. The van der Waals surface area contributed by atoms with Gasteiger partial charge in [0.1, 0.15) is 5.25 Å². The Labute approximate surface area is 131 Å². The van der Waals surface area contributed by atoms with Crippen molar-refractivity contribution in [3.05, 3.63) is 44.1 Å². The molecule has 1 aromatic carbocycles. The lowest BCUT2D eigenvalue weighted by atomic mass is 10.1. The summed E-state index contributed by atoms with van der Waals surface area (Å²) >= 11 is 7.57. The number of allylic oxidation sites excluding steroid dienone is 1. The van der Waals surface area contributed by atoms with Crippen molar-refractivity contribution in [3.8, 4) is 0 Å². The van der Waals surface area contributed by atoms with Crippen molar-refractivity contribution in [1.29, 1.82) is 0 Å². The van der Waals surface area contributed by atoms with Gasteiger partial charge in [-0.1, -0.05) is 11.6 Å². The number of rotatable bonds is 4. The fraction of sp³-hybridized carbons (Fsp3) is 0.357. The Morgan fingerprint density at radius 1 is 1.62 bits per heavy atom. The van der Waals surface area contributed by atoms with Gasteiger partial charge in [-0.15, -0.1) is 11.8 Å². The van der Waals surface area contributed by atoms with Gasteiger partial charge in [0, 0.05) is 22.9 Å². The molecule has 1 heterocycles. The van der Waals surface area contributed by atoms with Crippen LogP contribution in [0, 0.1) is 10.1 Å². The summed E-state index contributed by atoms with van der Waals surface area (Å²) < 4.78 is 5.02. The number of benzene rings is 1. The van der Waals surface area contributed by atoms with E-state index in [0.29, 0.717) is 23.6 Å². The van der Waals surface area contributed by atoms with Crippen LogP contribution in [0.5, 0.6) is 0 Å². The van der Waals surface area contributed by atoms with Crippen molar-refractivity contribution < 1.29 is 14.5 Å². The van der Waals surface area contributed by atoms with Crippen LogP contribution < -0.4 is 0 Å². The molecule has 0 saturated carbocycles. The number of nitro groups is 1. The number of thioether (sulfide) groups is 1. The van der Waals surface area contributed by atoms with E-state index in [1.165, 1.54) is 24.8 Å². The van der Waals surface area contributed by atoms with Crippen LogP contribution in [-0.4, -0.2) is 22.7 Å². The van der Waals surface area contributed by atoms with Crippen molar-refractivity contribution in [2.24, 2.45) is 0 Å². The van der Waals surface area contributed by atoms with E-state index in [1.807, 2.05) is 0 Å². The molecule has 1 aromatic rings. The number of nitrogens with zero attached hydrogens (tertiary/aromatic N) is 1. The lowest BCUT2D eigenvalue weighted by Crippen LogP contribution is -2.19. The van der Waals surface area contributed by atoms with Gasteiger partial charge in [0.15, 0.2) is 0 Å². The Morgan fingerprint density at radius 3 is 2.95 bits per heavy atom. The fourth-order valence-corrected chi connectivity index (χ4v) is 3.53. The maximum absolute atomic E-state index is 11.8. The van der Waals surface area contributed by atoms with Gasteiger partial charge in [0.2, 0.25) is 5.70 Å². The van der Waals surface area contributed by atoms with E-state index in [-0.39, 0.29) is 16.9 Å². The van der Waals surface area contributed by atoms with Crippen LogP contribution in [0.1, 0.15) is 25.0 Å². The van der Waals surface area contributed by atoms with Gasteiger partial charge in [-0.2, -0.15) is 0 Å². The number of carbonyl (C=O) groups is 1. The molecule has 0 radical (unpaired) electrons. The highest BCUT2D eigenvalue weighted by atomic mass is 35.5. The summed E-state index contributed by atoms with van der Waals surface area (Å²) in [4.78, 5) is 22.9. The molecule has 0 amide bonds. The summed E-state index contributed by atoms with van der Waals surface area (Å²) in [6.45, 7) is 3.54. The molecule has 0 aliphatic carbocycles. The predicted molar refractivity (Wildman–Crippen MR) is 82.1 cm³/mol. The zero-order valence-electron chi connectivity index (χ0n) is 11.6. The first-order chi connectivity index (χ1) is 9.92. The second-order valence-corrected chi connectivity index (χ2v) is 6.24. The predicted octanol–water partition coefficient (Wildman–Crippen LogP) is 3.56. The van der Waals surface area contributed by atoms with E-state index in [1.54, 1.807) is 19.1 Å². The molecule has 0 N–H and O–H groups in total. The van der Waals surface area contributed by atoms with Crippen LogP contribution in [-0.2, 0) is 16.0 Å². The van der Waals surface area contributed by atoms with E-state index in [4.69, 9.17) is 16.3 Å². The molecule has 1 unspecified atom stereocenters. The minimum absolute atomic E-state index is 0.0180. The molecule has 112 valence electrons. The molecule has 0 spiro atoms. The zero-order valence-corrected chi connectivity index (χ0v) is 13.2. The molecule has 0 saturated heterocycles. The van der Waals surface area contributed by atoms with E-state index in [0.717, 1.165) is 10.5 Å². The second-order valence-electron chi connectivity index (χ2n) is 4.59. The third-order valence-corrected chi connectivity index (χ3v) is 4.66. The van der Waals surface area contributed by atoms with Gasteiger partial charge in [0.05, 0.1) is 11.5 Å².